The first kappa shape index (κ1) is 22.1. The molecule has 0 aliphatic heterocycles. The number of amides is 2. The first-order valence-electron chi connectivity index (χ1n) is 9.47. The van der Waals surface area contributed by atoms with E-state index in [1.165, 1.54) is 4.90 Å². The lowest BCUT2D eigenvalue weighted by atomic mass is 10.2. The Kier molecular flexibility index (Phi) is 6.47. The molecule has 0 aliphatic rings. The maximum Gasteiger partial charge on any atom is 0.421 e. The van der Waals surface area contributed by atoms with Crippen molar-refractivity contribution in [2.75, 3.05) is 37.8 Å². The number of carbonyl (C=O) groups excluding carboxylic acids is 1. The van der Waals surface area contributed by atoms with Gasteiger partial charge in [-0.3, -0.25) is 4.68 Å². The molecule has 31 heavy (non-hydrogen) atoms. The van der Waals surface area contributed by atoms with Crippen LogP contribution in [0.15, 0.2) is 30.6 Å². The second-order valence-corrected chi connectivity index (χ2v) is 7.03. The minimum atomic E-state index is -4.60. The quantitative estimate of drug-likeness (QED) is 0.492. The zero-order valence-corrected chi connectivity index (χ0v) is 17.3. The van der Waals surface area contributed by atoms with E-state index >= 15 is 0 Å². The molecule has 0 unspecified atom stereocenters. The van der Waals surface area contributed by atoms with Gasteiger partial charge < -0.3 is 20.9 Å². The summed E-state index contributed by atoms with van der Waals surface area (Å²) in [7, 11) is 5.00. The molecule has 0 bridgehead atoms. The maximum absolute atomic E-state index is 13.3. The van der Waals surface area contributed by atoms with Gasteiger partial charge in [0.2, 0.25) is 5.95 Å². The third-order valence-corrected chi connectivity index (χ3v) is 4.43. The van der Waals surface area contributed by atoms with Crippen LogP contribution in [0.5, 0.6) is 0 Å². The van der Waals surface area contributed by atoms with Crippen molar-refractivity contribution in [2.45, 2.75) is 12.6 Å². The molecule has 2 aromatic heterocycles. The zero-order chi connectivity index (χ0) is 22.6. The third-order valence-electron chi connectivity index (χ3n) is 4.43. The van der Waals surface area contributed by atoms with Gasteiger partial charge in [0.15, 0.2) is 0 Å². The van der Waals surface area contributed by atoms with E-state index in [-0.39, 0.29) is 24.3 Å². The van der Waals surface area contributed by atoms with Crippen molar-refractivity contribution >= 4 is 34.4 Å². The van der Waals surface area contributed by atoms with Gasteiger partial charge in [-0.2, -0.15) is 23.3 Å². The number of nitrogens with one attached hydrogen (secondary N) is 3. The van der Waals surface area contributed by atoms with Crippen LogP contribution in [0.3, 0.4) is 0 Å². The van der Waals surface area contributed by atoms with Crippen molar-refractivity contribution in [2.24, 2.45) is 7.05 Å². The van der Waals surface area contributed by atoms with Gasteiger partial charge in [-0.25, -0.2) is 9.78 Å². The Bertz CT molecular complexity index is 1060. The minimum absolute atomic E-state index is 0.0259. The van der Waals surface area contributed by atoms with Crippen LogP contribution < -0.4 is 16.0 Å². The van der Waals surface area contributed by atoms with Crippen LogP contribution in [0.4, 0.5) is 35.4 Å². The molecule has 2 amide bonds. The van der Waals surface area contributed by atoms with E-state index < -0.39 is 11.7 Å². The van der Waals surface area contributed by atoms with E-state index in [1.807, 2.05) is 12.1 Å². The fourth-order valence-corrected chi connectivity index (χ4v) is 2.78. The maximum atomic E-state index is 13.3. The van der Waals surface area contributed by atoms with E-state index in [2.05, 4.69) is 31.0 Å². The van der Waals surface area contributed by atoms with Gasteiger partial charge in [0.1, 0.15) is 11.4 Å². The third kappa shape index (κ3) is 5.53. The summed E-state index contributed by atoms with van der Waals surface area (Å²) >= 11 is 0. The fraction of sp³-hybridized carbons (Fsp3) is 0.368. The summed E-state index contributed by atoms with van der Waals surface area (Å²) in [6.45, 7) is 0.500. The lowest BCUT2D eigenvalue weighted by Gasteiger charge is -2.15. The van der Waals surface area contributed by atoms with Gasteiger partial charge in [-0.15, -0.1) is 0 Å². The lowest BCUT2D eigenvalue weighted by molar-refractivity contribution is -0.137. The first-order chi connectivity index (χ1) is 14.6. The molecule has 0 aliphatic carbocycles. The highest BCUT2D eigenvalue weighted by Gasteiger charge is 2.35. The van der Waals surface area contributed by atoms with Crippen molar-refractivity contribution in [1.29, 1.82) is 0 Å². The monoisotopic (exact) mass is 436 g/mol. The number of halogens is 3. The van der Waals surface area contributed by atoms with Crippen LogP contribution >= 0.6 is 0 Å². The van der Waals surface area contributed by atoms with Crippen molar-refractivity contribution < 1.29 is 18.0 Å². The number of hydrogen-bond donors (Lipinski definition) is 3. The zero-order valence-electron chi connectivity index (χ0n) is 17.3. The second kappa shape index (κ2) is 9.06. The van der Waals surface area contributed by atoms with Crippen LogP contribution in [0.2, 0.25) is 0 Å². The molecule has 0 saturated heterocycles. The molecule has 12 heteroatoms. The molecule has 3 rings (SSSR count). The van der Waals surface area contributed by atoms with Crippen molar-refractivity contribution in [3.05, 3.63) is 36.2 Å². The Balaban J connectivity index is 1.71. The highest BCUT2D eigenvalue weighted by molar-refractivity contribution is 5.83. The number of urea groups is 1. The van der Waals surface area contributed by atoms with Gasteiger partial charge >= 0.3 is 12.2 Å². The largest absolute Gasteiger partial charge is 0.421 e. The molecular weight excluding hydrogens is 413 g/mol. The standard InChI is InChI=1S/C19H23F3N8O/c1-29(2)18(31)24-8-4-7-23-16-14(19(20,21)22)11-25-17(28-16)27-13-6-5-12-10-26-30(3)15(12)9-13/h5-6,9-11H,4,7-8H2,1-3H3,(H,24,31)(H2,23,25,27,28). The highest BCUT2D eigenvalue weighted by atomic mass is 19.4. The number of aryl methyl sites for hydroxylation is 1. The molecule has 3 N–H and O–H groups in total. The molecule has 0 atom stereocenters. The van der Waals surface area contributed by atoms with E-state index in [0.29, 0.717) is 18.7 Å². The van der Waals surface area contributed by atoms with Gasteiger partial charge in [0, 0.05) is 51.5 Å². The summed E-state index contributed by atoms with van der Waals surface area (Å²) in [5.74, 6) is -0.302. The summed E-state index contributed by atoms with van der Waals surface area (Å²) in [6.07, 6.45) is -1.72. The van der Waals surface area contributed by atoms with Crippen LogP contribution in [-0.4, -0.2) is 57.9 Å². The fourth-order valence-electron chi connectivity index (χ4n) is 2.78. The van der Waals surface area contributed by atoms with Crippen molar-refractivity contribution in [3.8, 4) is 0 Å². The summed E-state index contributed by atoms with van der Waals surface area (Å²) in [5.41, 5.74) is 0.515. The summed E-state index contributed by atoms with van der Waals surface area (Å²) in [5, 5.41) is 13.4. The second-order valence-electron chi connectivity index (χ2n) is 7.03. The normalized spacial score (nSPS) is 11.4. The molecule has 0 fully saturated rings. The lowest BCUT2D eigenvalue weighted by Crippen LogP contribution is -2.35. The average molecular weight is 436 g/mol. The number of alkyl halides is 3. The van der Waals surface area contributed by atoms with E-state index in [9.17, 15) is 18.0 Å². The smallest absolute Gasteiger partial charge is 0.369 e. The summed E-state index contributed by atoms with van der Waals surface area (Å²) in [4.78, 5) is 20.7. The molecule has 2 heterocycles. The summed E-state index contributed by atoms with van der Waals surface area (Å²) in [6, 6.07) is 5.15. The number of rotatable bonds is 7. The first-order valence-corrected chi connectivity index (χ1v) is 9.47. The molecular formula is C19H23F3N8O. The highest BCUT2D eigenvalue weighted by Crippen LogP contribution is 2.34. The predicted molar refractivity (Wildman–Crippen MR) is 111 cm³/mol. The average Bonchev–Trinajstić information content (AvgIpc) is 3.07. The molecule has 3 aromatic rings. The molecule has 1 aromatic carbocycles. The Morgan fingerprint density at radius 3 is 2.68 bits per heavy atom. The number of benzene rings is 1. The molecule has 166 valence electrons. The van der Waals surface area contributed by atoms with Crippen LogP contribution in [0.25, 0.3) is 10.9 Å². The number of fused-ring (bicyclic) bond motifs is 1. The number of anilines is 3. The number of hydrogen-bond acceptors (Lipinski definition) is 6. The Morgan fingerprint density at radius 2 is 1.97 bits per heavy atom. The number of nitrogens with zero attached hydrogens (tertiary/aromatic N) is 5. The van der Waals surface area contributed by atoms with Crippen LogP contribution in [-0.2, 0) is 13.2 Å². The Hall–Kier alpha value is -3.57. The molecule has 9 nitrogen and oxygen atoms in total. The number of carbonyl (C=O) groups is 1. The van der Waals surface area contributed by atoms with E-state index in [4.69, 9.17) is 0 Å². The van der Waals surface area contributed by atoms with Crippen LogP contribution in [0, 0.1) is 0 Å². The van der Waals surface area contributed by atoms with Gasteiger partial charge in [0.25, 0.3) is 0 Å². The van der Waals surface area contributed by atoms with Crippen molar-refractivity contribution in [3.63, 3.8) is 0 Å². The molecule has 0 spiro atoms. The molecule has 0 radical (unpaired) electrons. The summed E-state index contributed by atoms with van der Waals surface area (Å²) < 4.78 is 41.7. The Labute approximate surface area is 176 Å². The Morgan fingerprint density at radius 1 is 1.19 bits per heavy atom. The number of aromatic nitrogens is 4. The van der Waals surface area contributed by atoms with E-state index in [0.717, 1.165) is 17.1 Å². The van der Waals surface area contributed by atoms with E-state index in [1.54, 1.807) is 38.1 Å². The molecule has 0 saturated carbocycles. The van der Waals surface area contributed by atoms with Gasteiger partial charge in [0.05, 0.1) is 11.7 Å². The minimum Gasteiger partial charge on any atom is -0.369 e. The van der Waals surface area contributed by atoms with Gasteiger partial charge in [-0.05, 0) is 24.6 Å². The van der Waals surface area contributed by atoms with Crippen molar-refractivity contribution in [1.82, 2.24) is 30.0 Å². The SMILES string of the molecule is CN(C)C(=O)NCCCNc1nc(Nc2ccc3cnn(C)c3c2)ncc1C(F)(F)F. The topological polar surface area (TPSA) is 100 Å². The van der Waals surface area contributed by atoms with Gasteiger partial charge in [-0.1, -0.05) is 0 Å². The van der Waals surface area contributed by atoms with Crippen LogP contribution in [0.1, 0.15) is 12.0 Å². The predicted octanol–water partition coefficient (Wildman–Crippen LogP) is 3.20.